The minimum atomic E-state index is -0.957. The number of rotatable bonds is 5. The molecule has 11 heteroatoms. The van der Waals surface area contributed by atoms with Crippen LogP contribution in [0.25, 0.3) is 33.9 Å². The van der Waals surface area contributed by atoms with Gasteiger partial charge in [0.15, 0.2) is 5.01 Å². The molecule has 0 spiro atoms. The normalized spacial score (nSPS) is 19.8. The number of benzene rings is 2. The van der Waals surface area contributed by atoms with Crippen molar-refractivity contribution < 1.29 is 18.7 Å². The lowest BCUT2D eigenvalue weighted by atomic mass is 9.87. The fourth-order valence-electron chi connectivity index (χ4n) is 4.95. The fraction of sp³-hybridized carbons (Fsp3) is 0.231. The van der Waals surface area contributed by atoms with E-state index in [0.717, 1.165) is 23.3 Å². The Hall–Kier alpha value is -3.60. The molecule has 0 radical (unpaired) electrons. The van der Waals surface area contributed by atoms with Gasteiger partial charge in [-0.05, 0) is 49.6 Å². The van der Waals surface area contributed by atoms with Gasteiger partial charge in [-0.3, -0.25) is 4.79 Å². The number of aromatic nitrogens is 4. The van der Waals surface area contributed by atoms with Crippen molar-refractivity contribution in [3.63, 3.8) is 0 Å². The van der Waals surface area contributed by atoms with Crippen molar-refractivity contribution in [3.05, 3.63) is 76.3 Å². The van der Waals surface area contributed by atoms with Gasteiger partial charge < -0.3 is 19.4 Å². The average Bonchev–Trinajstić information content (AvgIpc) is 3.65. The number of fused-ring (bicyclic) bond motifs is 1. The predicted octanol–water partition coefficient (Wildman–Crippen LogP) is 5.49. The first-order chi connectivity index (χ1) is 18.0. The lowest BCUT2D eigenvalue weighted by Crippen LogP contribution is -2.49. The number of halogens is 2. The molecule has 3 heterocycles. The lowest BCUT2D eigenvalue weighted by Gasteiger charge is -2.36. The van der Waals surface area contributed by atoms with Crippen molar-refractivity contribution in [2.24, 2.45) is 0 Å². The van der Waals surface area contributed by atoms with E-state index in [2.05, 4.69) is 15.3 Å². The highest BCUT2D eigenvalue weighted by atomic mass is 35.5. The molecule has 37 heavy (non-hydrogen) atoms. The van der Waals surface area contributed by atoms with Crippen molar-refractivity contribution in [2.75, 3.05) is 0 Å². The Balaban J connectivity index is 1.44. The molecule has 0 unspecified atom stereocenters. The van der Waals surface area contributed by atoms with E-state index in [9.17, 15) is 14.3 Å². The van der Waals surface area contributed by atoms with Gasteiger partial charge >= 0.3 is 0 Å². The number of oxazole rings is 1. The minimum absolute atomic E-state index is 0.232. The summed E-state index contributed by atoms with van der Waals surface area (Å²) in [6, 6.07) is 11.0. The lowest BCUT2D eigenvalue weighted by molar-refractivity contribution is 0.0417. The molecule has 188 valence electrons. The number of thiazole rings is 1. The molecule has 0 bridgehead atoms. The molecular weight excluding hydrogens is 517 g/mol. The highest BCUT2D eigenvalue weighted by molar-refractivity contribution is 7.17. The number of amides is 1. The Morgan fingerprint density at radius 1 is 1.22 bits per heavy atom. The Morgan fingerprint density at radius 2 is 2.08 bits per heavy atom. The molecular formula is C26H21ClFN5O3S. The molecule has 5 aromatic rings. The number of hydrogen-bond acceptors (Lipinski definition) is 7. The molecule has 0 aliphatic heterocycles. The monoisotopic (exact) mass is 537 g/mol. The minimum Gasteiger partial charge on any atom is -0.445 e. The zero-order chi connectivity index (χ0) is 25.5. The average molecular weight is 538 g/mol. The van der Waals surface area contributed by atoms with Crippen LogP contribution in [-0.4, -0.2) is 42.7 Å². The van der Waals surface area contributed by atoms with Crippen molar-refractivity contribution in [1.29, 1.82) is 0 Å². The zero-order valence-corrected chi connectivity index (χ0v) is 20.9. The maximum Gasteiger partial charge on any atom is 0.280 e. The summed E-state index contributed by atoms with van der Waals surface area (Å²) >= 11 is 7.01. The van der Waals surface area contributed by atoms with E-state index < -0.39 is 29.9 Å². The molecule has 1 saturated carbocycles. The van der Waals surface area contributed by atoms with E-state index in [-0.39, 0.29) is 5.01 Å². The van der Waals surface area contributed by atoms with E-state index in [1.165, 1.54) is 18.5 Å². The van der Waals surface area contributed by atoms with E-state index in [1.54, 1.807) is 24.4 Å². The number of aliphatic hydroxyl groups excluding tert-OH is 1. The summed E-state index contributed by atoms with van der Waals surface area (Å²) < 4.78 is 22.7. The van der Waals surface area contributed by atoms with Crippen LogP contribution < -0.4 is 5.32 Å². The Kier molecular flexibility index (Phi) is 6.23. The molecule has 2 N–H and O–H groups in total. The maximum atomic E-state index is 15.0. The number of carbonyl (C=O) groups excluding carboxylic acids is 1. The number of imidazole rings is 1. The largest absolute Gasteiger partial charge is 0.445 e. The molecule has 8 nitrogen and oxygen atoms in total. The Labute approximate surface area is 219 Å². The SMILES string of the molecule is O=C(N[C@H]1CCC[C@@H](n2c(-c3ccccc3F)nc3ccc(-c4ncco4)cc32)[C@@H]1O)c1ncc(Cl)s1. The van der Waals surface area contributed by atoms with Crippen LogP contribution in [0, 0.1) is 5.82 Å². The van der Waals surface area contributed by atoms with Crippen molar-refractivity contribution in [2.45, 2.75) is 37.5 Å². The molecule has 1 aliphatic rings. The van der Waals surface area contributed by atoms with Gasteiger partial charge in [0.2, 0.25) is 5.89 Å². The topological polar surface area (TPSA) is 106 Å². The summed E-state index contributed by atoms with van der Waals surface area (Å²) in [5, 5.41) is 14.7. The standard InChI is InChI=1S/C26H21ClFN5O3S/c27-21-13-30-26(37-21)24(35)32-18-6-3-7-19(22(18)34)33-20-12-14(25-29-10-11-36-25)8-9-17(20)31-23(33)15-4-1-2-5-16(15)28/h1-2,4-5,8-13,18-19,22,34H,3,6-7H2,(H,32,35)/t18-,19+,22+/m0/s1. The van der Waals surface area contributed by atoms with E-state index in [4.69, 9.17) is 21.0 Å². The van der Waals surface area contributed by atoms with Crippen molar-refractivity contribution >= 4 is 39.9 Å². The van der Waals surface area contributed by atoms with Gasteiger partial charge in [0, 0.05) is 5.56 Å². The third kappa shape index (κ3) is 4.41. The smallest absolute Gasteiger partial charge is 0.280 e. The van der Waals surface area contributed by atoms with Gasteiger partial charge in [-0.1, -0.05) is 35.1 Å². The van der Waals surface area contributed by atoms with Gasteiger partial charge in [-0.15, -0.1) is 0 Å². The van der Waals surface area contributed by atoms with Gasteiger partial charge in [-0.2, -0.15) is 0 Å². The van der Waals surface area contributed by atoms with Crippen molar-refractivity contribution in [1.82, 2.24) is 24.8 Å². The summed E-state index contributed by atoms with van der Waals surface area (Å²) in [7, 11) is 0. The van der Waals surface area contributed by atoms with Gasteiger partial charge in [-0.25, -0.2) is 19.3 Å². The van der Waals surface area contributed by atoms with E-state index >= 15 is 0 Å². The second kappa shape index (κ2) is 9.70. The van der Waals surface area contributed by atoms with Crippen LogP contribution in [0.1, 0.15) is 35.1 Å². The molecule has 1 amide bonds. The Bertz CT molecular complexity index is 1580. The zero-order valence-electron chi connectivity index (χ0n) is 19.3. The van der Waals surface area contributed by atoms with Crippen LogP contribution in [0.5, 0.6) is 0 Å². The van der Waals surface area contributed by atoms with Crippen LogP contribution >= 0.6 is 22.9 Å². The summed E-state index contributed by atoms with van der Waals surface area (Å²) in [5.41, 5.74) is 2.41. The number of aliphatic hydroxyl groups is 1. The van der Waals surface area contributed by atoms with Gasteiger partial charge in [0.1, 0.15) is 22.2 Å². The van der Waals surface area contributed by atoms with E-state index in [1.807, 2.05) is 22.8 Å². The highest BCUT2D eigenvalue weighted by Crippen LogP contribution is 2.38. The quantitative estimate of drug-likeness (QED) is 0.307. The van der Waals surface area contributed by atoms with Crippen molar-refractivity contribution in [3.8, 4) is 22.8 Å². The predicted molar refractivity (Wildman–Crippen MR) is 138 cm³/mol. The van der Waals surface area contributed by atoms with Crippen LogP contribution in [0.3, 0.4) is 0 Å². The second-order valence-electron chi connectivity index (χ2n) is 8.86. The molecule has 0 saturated heterocycles. The third-order valence-corrected chi connectivity index (χ3v) is 7.74. The van der Waals surface area contributed by atoms with E-state index in [0.29, 0.717) is 45.5 Å². The van der Waals surface area contributed by atoms with Gasteiger partial charge in [0.05, 0.1) is 47.2 Å². The molecule has 6 rings (SSSR count). The molecule has 2 aromatic carbocycles. The first kappa shape index (κ1) is 23.8. The van der Waals surface area contributed by atoms with Crippen LogP contribution in [-0.2, 0) is 0 Å². The summed E-state index contributed by atoms with van der Waals surface area (Å²) in [6.07, 6.45) is 5.47. The number of nitrogens with one attached hydrogen (secondary N) is 1. The molecule has 1 aliphatic carbocycles. The summed E-state index contributed by atoms with van der Waals surface area (Å²) in [5.74, 6) is 0.0410. The molecule has 3 aromatic heterocycles. The summed E-state index contributed by atoms with van der Waals surface area (Å²) in [4.78, 5) is 25.8. The third-order valence-electron chi connectivity index (χ3n) is 6.62. The second-order valence-corrected chi connectivity index (χ2v) is 10.5. The van der Waals surface area contributed by atoms with Crippen LogP contribution in [0.4, 0.5) is 4.39 Å². The van der Waals surface area contributed by atoms with Crippen LogP contribution in [0.15, 0.2) is 65.5 Å². The highest BCUT2D eigenvalue weighted by Gasteiger charge is 2.37. The Morgan fingerprint density at radius 3 is 2.84 bits per heavy atom. The number of carbonyl (C=O) groups is 1. The number of hydrogen-bond donors (Lipinski definition) is 2. The van der Waals surface area contributed by atoms with Crippen LogP contribution in [0.2, 0.25) is 4.34 Å². The first-order valence-electron chi connectivity index (χ1n) is 11.8. The van der Waals surface area contributed by atoms with Gasteiger partial charge in [0.25, 0.3) is 5.91 Å². The number of nitrogens with zero attached hydrogens (tertiary/aromatic N) is 4. The summed E-state index contributed by atoms with van der Waals surface area (Å²) in [6.45, 7) is 0. The molecule has 1 fully saturated rings. The first-order valence-corrected chi connectivity index (χ1v) is 13.0. The fourth-order valence-corrected chi connectivity index (χ4v) is 5.76. The molecule has 3 atom stereocenters. The maximum absolute atomic E-state index is 15.0.